The number of piperazine rings is 1. The molecule has 2 heterocycles. The molecule has 0 saturated carbocycles. The topological polar surface area (TPSA) is 94.5 Å². The number of rotatable bonds is 20. The molecule has 1 aromatic carbocycles. The predicted molar refractivity (Wildman–Crippen MR) is 163 cm³/mol. The molecule has 8 heteroatoms. The fraction of sp³-hybridized carbons (Fsp3) is 0.719. The van der Waals surface area contributed by atoms with Crippen molar-refractivity contribution < 1.29 is 9.32 Å². The number of unbranched alkanes of at least 4 members (excludes halogenated alkanes) is 15. The van der Waals surface area contributed by atoms with E-state index in [4.69, 9.17) is 0 Å². The molecule has 8 nitrogen and oxygen atoms in total. The van der Waals surface area contributed by atoms with Crippen LogP contribution in [0.15, 0.2) is 33.6 Å². The number of carbonyl (C=O) groups is 1. The van der Waals surface area contributed by atoms with Crippen molar-refractivity contribution >= 4 is 11.7 Å². The van der Waals surface area contributed by atoms with Crippen molar-refractivity contribution in [1.29, 1.82) is 0 Å². The van der Waals surface area contributed by atoms with Gasteiger partial charge in [-0.05, 0) is 30.7 Å². The SMILES string of the molecule is CCCCCCCCCCCCCCCCCCN1CCN(C(=O)Nc2ccc(Cc3noc(=O)[nH]3)cc2)CC1. The molecule has 0 spiro atoms. The summed E-state index contributed by atoms with van der Waals surface area (Å²) in [5.74, 6) is -0.0664. The number of hydrogen-bond acceptors (Lipinski definition) is 5. The molecular formula is C32H53N5O3. The Morgan fingerprint density at radius 1 is 0.800 bits per heavy atom. The largest absolute Gasteiger partial charge is 0.438 e. The summed E-state index contributed by atoms with van der Waals surface area (Å²) in [5, 5.41) is 6.68. The van der Waals surface area contributed by atoms with E-state index in [9.17, 15) is 9.59 Å². The zero-order chi connectivity index (χ0) is 28.3. The lowest BCUT2D eigenvalue weighted by molar-refractivity contribution is 0.145. The summed E-state index contributed by atoms with van der Waals surface area (Å²) < 4.78 is 4.53. The first-order chi connectivity index (χ1) is 19.6. The Hall–Kier alpha value is -2.61. The van der Waals surface area contributed by atoms with Crippen molar-refractivity contribution in [3.8, 4) is 0 Å². The summed E-state index contributed by atoms with van der Waals surface area (Å²) in [5.41, 5.74) is 1.74. The molecule has 1 aromatic heterocycles. The molecule has 224 valence electrons. The minimum absolute atomic E-state index is 0.0457. The predicted octanol–water partition coefficient (Wildman–Crippen LogP) is 7.36. The summed E-state index contributed by atoms with van der Waals surface area (Å²) in [4.78, 5) is 30.7. The number of H-pyrrole nitrogens is 1. The zero-order valence-corrected chi connectivity index (χ0v) is 24.9. The van der Waals surface area contributed by atoms with Crippen LogP contribution < -0.4 is 11.1 Å². The van der Waals surface area contributed by atoms with E-state index in [1.807, 2.05) is 29.2 Å². The molecule has 2 aromatic rings. The van der Waals surface area contributed by atoms with Crippen LogP contribution in [0.25, 0.3) is 0 Å². The van der Waals surface area contributed by atoms with Crippen LogP contribution in [0.4, 0.5) is 10.5 Å². The van der Waals surface area contributed by atoms with E-state index in [0.29, 0.717) is 12.2 Å². The van der Waals surface area contributed by atoms with Gasteiger partial charge in [-0.3, -0.25) is 14.4 Å². The van der Waals surface area contributed by atoms with Crippen LogP contribution in [0.1, 0.15) is 121 Å². The first-order valence-corrected chi connectivity index (χ1v) is 16.1. The number of carbonyl (C=O) groups excluding carboxylic acids is 1. The Labute approximate surface area is 241 Å². The highest BCUT2D eigenvalue weighted by Crippen LogP contribution is 2.15. The molecular weight excluding hydrogens is 502 g/mol. The van der Waals surface area contributed by atoms with Crippen molar-refractivity contribution in [3.63, 3.8) is 0 Å². The molecule has 2 amide bonds. The number of anilines is 1. The fourth-order valence-corrected chi connectivity index (χ4v) is 5.50. The van der Waals surface area contributed by atoms with Crippen molar-refractivity contribution in [3.05, 3.63) is 46.2 Å². The maximum absolute atomic E-state index is 12.7. The first-order valence-electron chi connectivity index (χ1n) is 16.1. The average Bonchev–Trinajstić information content (AvgIpc) is 3.38. The van der Waals surface area contributed by atoms with Gasteiger partial charge in [0.1, 0.15) is 0 Å². The van der Waals surface area contributed by atoms with Gasteiger partial charge in [0.05, 0.1) is 0 Å². The van der Waals surface area contributed by atoms with Gasteiger partial charge in [0.2, 0.25) is 0 Å². The van der Waals surface area contributed by atoms with Crippen LogP contribution in [0, 0.1) is 0 Å². The second-order valence-corrected chi connectivity index (χ2v) is 11.5. The van der Waals surface area contributed by atoms with Gasteiger partial charge in [0.25, 0.3) is 0 Å². The second kappa shape index (κ2) is 19.5. The molecule has 40 heavy (non-hydrogen) atoms. The lowest BCUT2D eigenvalue weighted by Gasteiger charge is -2.34. The Morgan fingerprint density at radius 3 is 1.82 bits per heavy atom. The number of amides is 2. The zero-order valence-electron chi connectivity index (χ0n) is 24.9. The van der Waals surface area contributed by atoms with Gasteiger partial charge in [-0.15, -0.1) is 0 Å². The molecule has 0 bridgehead atoms. The van der Waals surface area contributed by atoms with E-state index >= 15 is 0 Å². The van der Waals surface area contributed by atoms with Crippen molar-refractivity contribution in [1.82, 2.24) is 19.9 Å². The molecule has 0 atom stereocenters. The molecule has 0 unspecified atom stereocenters. The molecule has 0 radical (unpaired) electrons. The third-order valence-electron chi connectivity index (χ3n) is 8.05. The highest BCUT2D eigenvalue weighted by atomic mass is 16.5. The van der Waals surface area contributed by atoms with Gasteiger partial charge < -0.3 is 10.2 Å². The summed E-state index contributed by atoms with van der Waals surface area (Å²) in [7, 11) is 0. The van der Waals surface area contributed by atoms with E-state index in [2.05, 4.69) is 31.8 Å². The number of hydrogen-bond donors (Lipinski definition) is 2. The highest BCUT2D eigenvalue weighted by molar-refractivity contribution is 5.89. The molecule has 2 N–H and O–H groups in total. The number of nitrogens with one attached hydrogen (secondary N) is 2. The van der Waals surface area contributed by atoms with Crippen molar-refractivity contribution in [2.45, 2.75) is 116 Å². The molecule has 0 aliphatic carbocycles. The minimum Gasteiger partial charge on any atom is -0.322 e. The number of urea groups is 1. The Bertz CT molecular complexity index is 979. The van der Waals surface area contributed by atoms with E-state index in [1.165, 1.54) is 103 Å². The van der Waals surface area contributed by atoms with Gasteiger partial charge in [0.15, 0.2) is 5.82 Å². The van der Waals surface area contributed by atoms with Crippen molar-refractivity contribution in [2.24, 2.45) is 0 Å². The first kappa shape index (κ1) is 31.9. The monoisotopic (exact) mass is 555 g/mol. The lowest BCUT2D eigenvalue weighted by atomic mass is 10.0. The second-order valence-electron chi connectivity index (χ2n) is 11.5. The van der Waals surface area contributed by atoms with Crippen LogP contribution >= 0.6 is 0 Å². The third-order valence-corrected chi connectivity index (χ3v) is 8.05. The number of aromatic amines is 1. The quantitative estimate of drug-likeness (QED) is 0.166. The maximum atomic E-state index is 12.7. The van der Waals surface area contributed by atoms with Crippen LogP contribution in [0.2, 0.25) is 0 Å². The van der Waals surface area contributed by atoms with E-state index in [0.717, 1.165) is 44.0 Å². The van der Waals surface area contributed by atoms with Crippen LogP contribution in [-0.2, 0) is 6.42 Å². The van der Waals surface area contributed by atoms with Crippen molar-refractivity contribution in [2.75, 3.05) is 38.0 Å². The lowest BCUT2D eigenvalue weighted by Crippen LogP contribution is -2.50. The van der Waals surface area contributed by atoms with Gasteiger partial charge in [-0.1, -0.05) is 121 Å². The Balaban J connectivity index is 1.13. The minimum atomic E-state index is -0.552. The highest BCUT2D eigenvalue weighted by Gasteiger charge is 2.20. The summed E-state index contributed by atoms with van der Waals surface area (Å²) in [6.45, 7) is 6.85. The summed E-state index contributed by atoms with van der Waals surface area (Å²) in [6, 6.07) is 7.53. The number of nitrogens with zero attached hydrogens (tertiary/aromatic N) is 3. The van der Waals surface area contributed by atoms with E-state index in [1.54, 1.807) is 0 Å². The van der Waals surface area contributed by atoms with E-state index in [-0.39, 0.29) is 6.03 Å². The van der Waals surface area contributed by atoms with E-state index < -0.39 is 5.76 Å². The average molecular weight is 556 g/mol. The Morgan fingerprint density at radius 2 is 1.32 bits per heavy atom. The van der Waals surface area contributed by atoms with Crippen LogP contribution in [0.5, 0.6) is 0 Å². The van der Waals surface area contributed by atoms with Gasteiger partial charge in [-0.2, -0.15) is 0 Å². The maximum Gasteiger partial charge on any atom is 0.438 e. The van der Waals surface area contributed by atoms with Gasteiger partial charge >= 0.3 is 11.8 Å². The molecule has 1 fully saturated rings. The normalized spacial score (nSPS) is 14.1. The summed E-state index contributed by atoms with van der Waals surface area (Å²) >= 11 is 0. The molecule has 1 aliphatic rings. The standard InChI is InChI=1S/C32H53N5O3/c1-2-3-4-5-6-7-8-9-10-11-12-13-14-15-16-17-22-36-23-25-37(26-24-36)31(38)33-29-20-18-28(19-21-29)27-30-34-32(39)40-35-30/h18-21H,2-17,22-27H2,1H3,(H,33,38)(H,34,35,39). The third kappa shape index (κ3) is 13.2. The molecule has 3 rings (SSSR count). The van der Waals surface area contributed by atoms with Gasteiger partial charge in [-0.25, -0.2) is 9.59 Å². The molecule has 1 saturated heterocycles. The summed E-state index contributed by atoms with van der Waals surface area (Å²) in [6.07, 6.45) is 22.9. The van der Waals surface area contributed by atoms with Crippen LogP contribution in [0.3, 0.4) is 0 Å². The molecule has 1 aliphatic heterocycles. The fourth-order valence-electron chi connectivity index (χ4n) is 5.50. The number of benzene rings is 1. The smallest absolute Gasteiger partial charge is 0.322 e. The number of aromatic nitrogens is 2. The van der Waals surface area contributed by atoms with Gasteiger partial charge in [0, 0.05) is 38.3 Å². The Kier molecular flexibility index (Phi) is 15.5. The van der Waals surface area contributed by atoms with Crippen LogP contribution in [-0.4, -0.2) is 58.7 Å².